The molecule has 0 atom stereocenters. The zero-order chi connectivity index (χ0) is 20.2. The van der Waals surface area contributed by atoms with Gasteiger partial charge in [0.25, 0.3) is 0 Å². The smallest absolute Gasteiger partial charge is 0.242 e. The van der Waals surface area contributed by atoms with Crippen molar-refractivity contribution in [3.63, 3.8) is 0 Å². The highest BCUT2D eigenvalue weighted by atomic mass is 16.7. The maximum atomic E-state index is 12.9. The van der Waals surface area contributed by atoms with Crippen LogP contribution >= 0.6 is 0 Å². The molecule has 2 amide bonds. The summed E-state index contributed by atoms with van der Waals surface area (Å²) in [7, 11) is 0. The van der Waals surface area contributed by atoms with Crippen LogP contribution < -0.4 is 14.4 Å². The first-order chi connectivity index (χ1) is 14.1. The van der Waals surface area contributed by atoms with Gasteiger partial charge in [-0.3, -0.25) is 9.59 Å². The van der Waals surface area contributed by atoms with E-state index in [9.17, 15) is 9.59 Å². The summed E-state index contributed by atoms with van der Waals surface area (Å²) in [6, 6.07) is 15.8. The van der Waals surface area contributed by atoms with E-state index >= 15 is 0 Å². The lowest BCUT2D eigenvalue weighted by molar-refractivity contribution is -0.132. The summed E-state index contributed by atoms with van der Waals surface area (Å²) in [6.45, 7) is 3.17. The number of amides is 2. The van der Waals surface area contributed by atoms with E-state index < -0.39 is 0 Å². The number of ether oxygens (including phenoxy) is 2. The summed E-state index contributed by atoms with van der Waals surface area (Å²) in [4.78, 5) is 28.4. The SMILES string of the molecule is CC(=O)N(CC(=O)N1CCC(Cc2ccccc2)CC1)c1ccc2c(c1)OCO2. The molecule has 0 bridgehead atoms. The highest BCUT2D eigenvalue weighted by Crippen LogP contribution is 2.35. The van der Waals surface area contributed by atoms with Crippen molar-refractivity contribution >= 4 is 17.5 Å². The Balaban J connectivity index is 1.35. The van der Waals surface area contributed by atoms with Gasteiger partial charge in [0, 0.05) is 31.8 Å². The van der Waals surface area contributed by atoms with Gasteiger partial charge in [0.05, 0.1) is 0 Å². The second-order valence-electron chi connectivity index (χ2n) is 7.66. The number of anilines is 1. The van der Waals surface area contributed by atoms with Crippen LogP contribution in [0.1, 0.15) is 25.3 Å². The Morgan fingerprint density at radius 1 is 1.03 bits per heavy atom. The molecule has 0 radical (unpaired) electrons. The molecular formula is C23H26N2O4. The molecule has 29 heavy (non-hydrogen) atoms. The van der Waals surface area contributed by atoms with Crippen LogP contribution in [0.25, 0.3) is 0 Å². The molecular weight excluding hydrogens is 368 g/mol. The highest BCUT2D eigenvalue weighted by Gasteiger charge is 2.26. The Morgan fingerprint density at radius 3 is 2.48 bits per heavy atom. The van der Waals surface area contributed by atoms with Gasteiger partial charge in [0.15, 0.2) is 11.5 Å². The fraction of sp³-hybridized carbons (Fsp3) is 0.391. The monoisotopic (exact) mass is 394 g/mol. The molecule has 6 nitrogen and oxygen atoms in total. The number of benzene rings is 2. The predicted molar refractivity (Wildman–Crippen MR) is 110 cm³/mol. The van der Waals surface area contributed by atoms with Crippen LogP contribution in [0.2, 0.25) is 0 Å². The molecule has 1 saturated heterocycles. The zero-order valence-electron chi connectivity index (χ0n) is 16.7. The maximum absolute atomic E-state index is 12.9. The lowest BCUT2D eigenvalue weighted by Gasteiger charge is -2.33. The van der Waals surface area contributed by atoms with Crippen molar-refractivity contribution in [2.75, 3.05) is 31.3 Å². The van der Waals surface area contributed by atoms with E-state index in [1.54, 1.807) is 18.2 Å². The van der Waals surface area contributed by atoms with Crippen molar-refractivity contribution in [2.45, 2.75) is 26.2 Å². The summed E-state index contributed by atoms with van der Waals surface area (Å²) in [5.74, 6) is 1.67. The Hall–Kier alpha value is -3.02. The van der Waals surface area contributed by atoms with Gasteiger partial charge in [-0.1, -0.05) is 30.3 Å². The molecule has 2 heterocycles. The van der Waals surface area contributed by atoms with Crippen molar-refractivity contribution < 1.29 is 19.1 Å². The van der Waals surface area contributed by atoms with Gasteiger partial charge in [-0.25, -0.2) is 0 Å². The predicted octanol–water partition coefficient (Wildman–Crippen LogP) is 3.25. The molecule has 0 unspecified atom stereocenters. The van der Waals surface area contributed by atoms with E-state index in [1.807, 2.05) is 11.0 Å². The van der Waals surface area contributed by atoms with Crippen LogP contribution in [0.3, 0.4) is 0 Å². The van der Waals surface area contributed by atoms with Crippen molar-refractivity contribution in [2.24, 2.45) is 5.92 Å². The number of piperidine rings is 1. The second-order valence-corrected chi connectivity index (χ2v) is 7.66. The van der Waals surface area contributed by atoms with Crippen LogP contribution in [0, 0.1) is 5.92 Å². The largest absolute Gasteiger partial charge is 0.454 e. The fourth-order valence-electron chi connectivity index (χ4n) is 4.01. The molecule has 0 N–H and O–H groups in total. The minimum absolute atomic E-state index is 0.0176. The molecule has 2 aliphatic heterocycles. The molecule has 0 aromatic heterocycles. The standard InChI is InChI=1S/C23H26N2O4/c1-17(26)25(20-7-8-21-22(14-20)29-16-28-21)15-23(27)24-11-9-19(10-12-24)13-18-5-3-2-4-6-18/h2-8,14,19H,9-13,15-16H2,1H3. The number of carbonyl (C=O) groups is 2. The summed E-state index contributed by atoms with van der Waals surface area (Å²) in [6.07, 6.45) is 3.04. The number of likely N-dealkylation sites (tertiary alicyclic amines) is 1. The van der Waals surface area contributed by atoms with Crippen LogP contribution in [-0.2, 0) is 16.0 Å². The van der Waals surface area contributed by atoms with E-state index in [0.29, 0.717) is 23.1 Å². The van der Waals surface area contributed by atoms with E-state index in [2.05, 4.69) is 24.3 Å². The third kappa shape index (κ3) is 4.53. The molecule has 1 fully saturated rings. The second kappa shape index (κ2) is 8.55. The quantitative estimate of drug-likeness (QED) is 0.781. The van der Waals surface area contributed by atoms with Gasteiger partial charge < -0.3 is 19.3 Å². The Morgan fingerprint density at radius 2 is 1.76 bits per heavy atom. The molecule has 2 aliphatic rings. The summed E-state index contributed by atoms with van der Waals surface area (Å²) in [5.41, 5.74) is 2.00. The maximum Gasteiger partial charge on any atom is 0.242 e. The molecule has 0 aliphatic carbocycles. The highest BCUT2D eigenvalue weighted by molar-refractivity contribution is 5.97. The van der Waals surface area contributed by atoms with Crippen molar-refractivity contribution in [3.05, 3.63) is 54.1 Å². The van der Waals surface area contributed by atoms with Gasteiger partial charge in [-0.2, -0.15) is 0 Å². The number of carbonyl (C=O) groups excluding carboxylic acids is 2. The molecule has 0 spiro atoms. The number of fused-ring (bicyclic) bond motifs is 1. The fourth-order valence-corrected chi connectivity index (χ4v) is 4.01. The van der Waals surface area contributed by atoms with E-state index in [-0.39, 0.29) is 25.2 Å². The van der Waals surface area contributed by atoms with Crippen molar-refractivity contribution in [3.8, 4) is 11.5 Å². The van der Waals surface area contributed by atoms with Crippen LogP contribution in [0.5, 0.6) is 11.5 Å². The summed E-state index contributed by atoms with van der Waals surface area (Å²) >= 11 is 0. The van der Waals surface area contributed by atoms with Gasteiger partial charge >= 0.3 is 0 Å². The van der Waals surface area contributed by atoms with Crippen LogP contribution in [0.15, 0.2) is 48.5 Å². The topological polar surface area (TPSA) is 59.1 Å². The van der Waals surface area contributed by atoms with Gasteiger partial charge in [-0.15, -0.1) is 0 Å². The molecule has 2 aromatic carbocycles. The molecule has 6 heteroatoms. The summed E-state index contributed by atoms with van der Waals surface area (Å²) < 4.78 is 10.7. The average Bonchev–Trinajstić information content (AvgIpc) is 3.21. The van der Waals surface area contributed by atoms with Gasteiger partial charge in [0.2, 0.25) is 18.6 Å². The lowest BCUT2D eigenvalue weighted by Crippen LogP contribution is -2.45. The molecule has 152 valence electrons. The minimum Gasteiger partial charge on any atom is -0.454 e. The summed E-state index contributed by atoms with van der Waals surface area (Å²) in [5, 5.41) is 0. The number of rotatable bonds is 5. The number of nitrogens with zero attached hydrogens (tertiary/aromatic N) is 2. The number of hydrogen-bond acceptors (Lipinski definition) is 4. The lowest BCUT2D eigenvalue weighted by atomic mass is 9.90. The minimum atomic E-state index is -0.170. The normalized spacial score (nSPS) is 16.0. The van der Waals surface area contributed by atoms with Crippen molar-refractivity contribution in [1.82, 2.24) is 4.90 Å². The van der Waals surface area contributed by atoms with E-state index in [1.165, 1.54) is 17.4 Å². The molecule has 4 rings (SSSR count). The first-order valence-corrected chi connectivity index (χ1v) is 10.1. The van der Waals surface area contributed by atoms with Crippen LogP contribution in [-0.4, -0.2) is 43.1 Å². The Labute approximate surface area is 171 Å². The molecule has 2 aromatic rings. The molecule has 0 saturated carbocycles. The van der Waals surface area contributed by atoms with Gasteiger partial charge in [0.1, 0.15) is 6.54 Å². The van der Waals surface area contributed by atoms with Crippen LogP contribution in [0.4, 0.5) is 5.69 Å². The third-order valence-corrected chi connectivity index (χ3v) is 5.68. The first-order valence-electron chi connectivity index (χ1n) is 10.1. The Bertz CT molecular complexity index is 876. The Kier molecular flexibility index (Phi) is 5.69. The van der Waals surface area contributed by atoms with Gasteiger partial charge in [-0.05, 0) is 42.9 Å². The zero-order valence-corrected chi connectivity index (χ0v) is 16.7. The third-order valence-electron chi connectivity index (χ3n) is 5.68. The first kappa shape index (κ1) is 19.3. The number of hydrogen-bond donors (Lipinski definition) is 0. The average molecular weight is 394 g/mol. The van der Waals surface area contributed by atoms with E-state index in [0.717, 1.165) is 32.4 Å². The van der Waals surface area contributed by atoms with E-state index in [4.69, 9.17) is 9.47 Å². The van der Waals surface area contributed by atoms with Crippen molar-refractivity contribution in [1.29, 1.82) is 0 Å².